The molecule has 0 aliphatic carbocycles. The summed E-state index contributed by atoms with van der Waals surface area (Å²) in [5, 5.41) is 10.6. The molecule has 6 nitrogen and oxygen atoms in total. The number of benzene rings is 1. The summed E-state index contributed by atoms with van der Waals surface area (Å²) >= 11 is 0. The van der Waals surface area contributed by atoms with Crippen molar-refractivity contribution in [2.45, 2.75) is 13.0 Å². The Bertz CT molecular complexity index is 407. The third-order valence-electron chi connectivity index (χ3n) is 2.46. The first-order chi connectivity index (χ1) is 8.62. The van der Waals surface area contributed by atoms with Gasteiger partial charge in [-0.15, -0.1) is 0 Å². The van der Waals surface area contributed by atoms with Gasteiger partial charge in [0.2, 0.25) is 6.54 Å². The summed E-state index contributed by atoms with van der Waals surface area (Å²) in [5.74, 6) is 1.11. The van der Waals surface area contributed by atoms with Gasteiger partial charge in [-0.2, -0.15) is 0 Å². The summed E-state index contributed by atoms with van der Waals surface area (Å²) in [6, 6.07) is 5.15. The predicted molar refractivity (Wildman–Crippen MR) is 65.8 cm³/mol. The molecule has 0 fully saturated rings. The molecule has 1 atom stereocenters. The highest BCUT2D eigenvalue weighted by Crippen LogP contribution is 2.31. The molecule has 0 bridgehead atoms. The van der Waals surface area contributed by atoms with E-state index in [0.717, 1.165) is 0 Å². The number of nitro groups is 1. The molecule has 0 saturated carbocycles. The Kier molecular flexibility index (Phi) is 5.38. The molecule has 100 valence electrons. The molecule has 0 unspecified atom stereocenters. The molecule has 0 radical (unpaired) electrons. The van der Waals surface area contributed by atoms with E-state index in [0.29, 0.717) is 23.7 Å². The molecule has 0 heterocycles. The number of methoxy groups -OCH3 is 2. The second-order valence-corrected chi connectivity index (χ2v) is 3.57. The molecule has 18 heavy (non-hydrogen) atoms. The van der Waals surface area contributed by atoms with E-state index < -0.39 is 11.0 Å². The lowest BCUT2D eigenvalue weighted by Gasteiger charge is -2.15. The van der Waals surface area contributed by atoms with E-state index in [-0.39, 0.29) is 6.54 Å². The van der Waals surface area contributed by atoms with Gasteiger partial charge in [0.15, 0.2) is 11.5 Å². The van der Waals surface area contributed by atoms with E-state index in [2.05, 4.69) is 0 Å². The van der Waals surface area contributed by atoms with Gasteiger partial charge in [0.25, 0.3) is 0 Å². The highest BCUT2D eigenvalue weighted by molar-refractivity contribution is 5.43. The normalized spacial score (nSPS) is 11.9. The molecule has 6 heteroatoms. The van der Waals surface area contributed by atoms with Gasteiger partial charge in [-0.3, -0.25) is 10.1 Å². The SMILES string of the molecule is CCO[C@@H](C[N+](=O)[O-])c1ccc(OC)c(OC)c1. The molecule has 0 aliphatic heterocycles. The summed E-state index contributed by atoms with van der Waals surface area (Å²) in [7, 11) is 3.05. The van der Waals surface area contributed by atoms with Gasteiger partial charge in [-0.05, 0) is 24.6 Å². The molecule has 1 rings (SSSR count). The summed E-state index contributed by atoms with van der Waals surface area (Å²) in [6.07, 6.45) is -0.579. The van der Waals surface area contributed by atoms with Gasteiger partial charge in [-0.1, -0.05) is 6.07 Å². The van der Waals surface area contributed by atoms with E-state index in [1.807, 2.05) is 0 Å². The van der Waals surface area contributed by atoms with E-state index in [1.165, 1.54) is 14.2 Å². The molecular weight excluding hydrogens is 238 g/mol. The van der Waals surface area contributed by atoms with Crippen molar-refractivity contribution >= 4 is 0 Å². The maximum absolute atomic E-state index is 10.6. The smallest absolute Gasteiger partial charge is 0.233 e. The van der Waals surface area contributed by atoms with Gasteiger partial charge >= 0.3 is 0 Å². The maximum Gasteiger partial charge on any atom is 0.233 e. The lowest BCUT2D eigenvalue weighted by Crippen LogP contribution is -2.15. The van der Waals surface area contributed by atoms with Crippen molar-refractivity contribution in [1.82, 2.24) is 0 Å². The summed E-state index contributed by atoms with van der Waals surface area (Å²) in [5.41, 5.74) is 0.700. The fourth-order valence-electron chi connectivity index (χ4n) is 1.64. The van der Waals surface area contributed by atoms with Crippen LogP contribution in [0.2, 0.25) is 0 Å². The average Bonchev–Trinajstić information content (AvgIpc) is 2.37. The van der Waals surface area contributed by atoms with Crippen LogP contribution in [0.5, 0.6) is 11.5 Å². The minimum Gasteiger partial charge on any atom is -0.493 e. The average molecular weight is 255 g/mol. The summed E-state index contributed by atoms with van der Waals surface area (Å²) < 4.78 is 15.6. The monoisotopic (exact) mass is 255 g/mol. The van der Waals surface area contributed by atoms with Crippen molar-refractivity contribution in [3.05, 3.63) is 33.9 Å². The first kappa shape index (κ1) is 14.2. The molecule has 0 aliphatic rings. The van der Waals surface area contributed by atoms with Crippen LogP contribution in [0, 0.1) is 10.1 Å². The van der Waals surface area contributed by atoms with Crippen LogP contribution in [0.25, 0.3) is 0 Å². The highest BCUT2D eigenvalue weighted by Gasteiger charge is 2.19. The van der Waals surface area contributed by atoms with Gasteiger partial charge in [0, 0.05) is 11.5 Å². The van der Waals surface area contributed by atoms with Crippen LogP contribution in [0.1, 0.15) is 18.6 Å². The van der Waals surface area contributed by atoms with Gasteiger partial charge in [0.1, 0.15) is 6.10 Å². The first-order valence-electron chi connectivity index (χ1n) is 5.57. The van der Waals surface area contributed by atoms with Crippen LogP contribution in [0.3, 0.4) is 0 Å². The number of hydrogen-bond donors (Lipinski definition) is 0. The zero-order valence-electron chi connectivity index (χ0n) is 10.7. The quantitative estimate of drug-likeness (QED) is 0.551. The predicted octanol–water partition coefficient (Wildman–Crippen LogP) is 2.06. The second kappa shape index (κ2) is 6.80. The molecule has 1 aromatic rings. The Morgan fingerprint density at radius 1 is 1.28 bits per heavy atom. The lowest BCUT2D eigenvalue weighted by atomic mass is 10.1. The Hall–Kier alpha value is -1.82. The van der Waals surface area contributed by atoms with E-state index in [4.69, 9.17) is 14.2 Å². The zero-order valence-corrected chi connectivity index (χ0v) is 10.7. The van der Waals surface area contributed by atoms with Crippen LogP contribution in [0.4, 0.5) is 0 Å². The Labute approximate surface area is 106 Å². The fraction of sp³-hybridized carbons (Fsp3) is 0.500. The van der Waals surface area contributed by atoms with Crippen LogP contribution in [0.15, 0.2) is 18.2 Å². The molecule has 0 amide bonds. The number of nitrogens with zero attached hydrogens (tertiary/aromatic N) is 1. The van der Waals surface area contributed by atoms with E-state index in [1.54, 1.807) is 25.1 Å². The van der Waals surface area contributed by atoms with Crippen LogP contribution >= 0.6 is 0 Å². The Morgan fingerprint density at radius 2 is 1.94 bits per heavy atom. The molecule has 0 aromatic heterocycles. The Morgan fingerprint density at radius 3 is 2.44 bits per heavy atom. The van der Waals surface area contributed by atoms with Gasteiger partial charge < -0.3 is 14.2 Å². The minimum atomic E-state index is -0.579. The lowest BCUT2D eigenvalue weighted by molar-refractivity contribution is -0.492. The minimum absolute atomic E-state index is 0.274. The van der Waals surface area contributed by atoms with Crippen molar-refractivity contribution in [2.24, 2.45) is 0 Å². The van der Waals surface area contributed by atoms with Gasteiger partial charge in [-0.25, -0.2) is 0 Å². The van der Waals surface area contributed by atoms with Crippen LogP contribution in [-0.2, 0) is 4.74 Å². The topological polar surface area (TPSA) is 70.8 Å². The number of rotatable bonds is 7. The maximum atomic E-state index is 10.6. The summed E-state index contributed by atoms with van der Waals surface area (Å²) in [6.45, 7) is 1.93. The largest absolute Gasteiger partial charge is 0.493 e. The zero-order chi connectivity index (χ0) is 13.5. The van der Waals surface area contributed by atoms with E-state index in [9.17, 15) is 10.1 Å². The third kappa shape index (κ3) is 3.59. The van der Waals surface area contributed by atoms with Crippen molar-refractivity contribution in [3.63, 3.8) is 0 Å². The molecule has 0 N–H and O–H groups in total. The fourth-order valence-corrected chi connectivity index (χ4v) is 1.64. The van der Waals surface area contributed by atoms with Crippen molar-refractivity contribution < 1.29 is 19.1 Å². The Balaban J connectivity index is 3.00. The second-order valence-electron chi connectivity index (χ2n) is 3.57. The van der Waals surface area contributed by atoms with Crippen LogP contribution in [-0.4, -0.2) is 32.3 Å². The molecule has 0 saturated heterocycles. The van der Waals surface area contributed by atoms with E-state index >= 15 is 0 Å². The summed E-state index contributed by atoms with van der Waals surface area (Å²) in [4.78, 5) is 10.2. The van der Waals surface area contributed by atoms with Crippen molar-refractivity contribution in [3.8, 4) is 11.5 Å². The van der Waals surface area contributed by atoms with Crippen molar-refractivity contribution in [1.29, 1.82) is 0 Å². The highest BCUT2D eigenvalue weighted by atomic mass is 16.6. The third-order valence-corrected chi connectivity index (χ3v) is 2.46. The first-order valence-corrected chi connectivity index (χ1v) is 5.57. The van der Waals surface area contributed by atoms with Gasteiger partial charge in [0.05, 0.1) is 14.2 Å². The standard InChI is InChI=1S/C12H17NO5/c1-4-18-12(8-13(14)15)9-5-6-10(16-2)11(7-9)17-3/h5-7,12H,4,8H2,1-3H3/t12-/m0/s1. The molecule has 0 spiro atoms. The number of hydrogen-bond acceptors (Lipinski definition) is 5. The molecule has 1 aromatic carbocycles. The number of ether oxygens (including phenoxy) is 3. The van der Waals surface area contributed by atoms with Crippen molar-refractivity contribution in [2.75, 3.05) is 27.4 Å². The molecular formula is C12H17NO5. The van der Waals surface area contributed by atoms with Crippen LogP contribution < -0.4 is 9.47 Å².